The number of nitrogens with one attached hydrogen (secondary N) is 1. The van der Waals surface area contributed by atoms with Crippen LogP contribution in [0.3, 0.4) is 0 Å². The van der Waals surface area contributed by atoms with Crippen molar-refractivity contribution >= 4 is 5.91 Å². The van der Waals surface area contributed by atoms with Gasteiger partial charge in [-0.3, -0.25) is 4.79 Å². The Morgan fingerprint density at radius 2 is 1.95 bits per heavy atom. The van der Waals surface area contributed by atoms with E-state index in [1.165, 1.54) is 0 Å². The standard InChI is InChI=1S/C16H20N2O3/c1-3-16(4-2,11-19)17-15(20)13-10-14(21-18-13)12-8-6-5-7-9-12/h5-10,19H,3-4,11H2,1-2H3,(H,17,20). The molecule has 0 aliphatic carbocycles. The van der Waals surface area contributed by atoms with Crippen LogP contribution in [0.15, 0.2) is 40.9 Å². The second kappa shape index (κ2) is 6.54. The van der Waals surface area contributed by atoms with E-state index in [-0.39, 0.29) is 18.2 Å². The van der Waals surface area contributed by atoms with Gasteiger partial charge in [0, 0.05) is 11.6 Å². The van der Waals surface area contributed by atoms with Gasteiger partial charge in [-0.15, -0.1) is 0 Å². The molecular weight excluding hydrogens is 268 g/mol. The van der Waals surface area contributed by atoms with Gasteiger partial charge in [0.15, 0.2) is 11.5 Å². The summed E-state index contributed by atoms with van der Waals surface area (Å²) >= 11 is 0. The summed E-state index contributed by atoms with van der Waals surface area (Å²) in [4.78, 5) is 12.2. The van der Waals surface area contributed by atoms with E-state index in [0.717, 1.165) is 5.56 Å². The molecule has 0 aliphatic heterocycles. The summed E-state index contributed by atoms with van der Waals surface area (Å²) in [6.07, 6.45) is 1.30. The van der Waals surface area contributed by atoms with E-state index in [1.54, 1.807) is 6.07 Å². The van der Waals surface area contributed by atoms with Gasteiger partial charge in [0.25, 0.3) is 5.91 Å². The van der Waals surface area contributed by atoms with Crippen molar-refractivity contribution in [3.63, 3.8) is 0 Å². The summed E-state index contributed by atoms with van der Waals surface area (Å²) in [6, 6.07) is 11.1. The van der Waals surface area contributed by atoms with Crippen LogP contribution in [-0.2, 0) is 0 Å². The normalized spacial score (nSPS) is 11.4. The number of aliphatic hydroxyl groups excluding tert-OH is 1. The minimum absolute atomic E-state index is 0.102. The predicted molar refractivity (Wildman–Crippen MR) is 79.8 cm³/mol. The molecule has 1 aromatic heterocycles. The third-order valence-corrected chi connectivity index (χ3v) is 3.84. The topological polar surface area (TPSA) is 75.4 Å². The summed E-state index contributed by atoms with van der Waals surface area (Å²) in [5.74, 6) is 0.210. The van der Waals surface area contributed by atoms with E-state index < -0.39 is 5.54 Å². The number of benzene rings is 1. The molecule has 21 heavy (non-hydrogen) atoms. The van der Waals surface area contributed by atoms with Gasteiger partial charge in [0.1, 0.15) is 0 Å². The van der Waals surface area contributed by atoms with Gasteiger partial charge in [-0.25, -0.2) is 0 Å². The molecule has 2 aromatic rings. The molecule has 0 atom stereocenters. The van der Waals surface area contributed by atoms with Crippen LogP contribution in [0.25, 0.3) is 11.3 Å². The highest BCUT2D eigenvalue weighted by Crippen LogP contribution is 2.21. The Hall–Kier alpha value is -2.14. The molecule has 0 saturated heterocycles. The lowest BCUT2D eigenvalue weighted by molar-refractivity contribution is 0.0809. The summed E-state index contributed by atoms with van der Waals surface area (Å²) in [5, 5.41) is 16.2. The van der Waals surface area contributed by atoms with E-state index >= 15 is 0 Å². The van der Waals surface area contributed by atoms with Gasteiger partial charge < -0.3 is 14.9 Å². The second-order valence-electron chi connectivity index (χ2n) is 5.04. The maximum Gasteiger partial charge on any atom is 0.273 e. The monoisotopic (exact) mass is 288 g/mol. The van der Waals surface area contributed by atoms with Crippen molar-refractivity contribution in [3.8, 4) is 11.3 Å². The molecule has 2 N–H and O–H groups in total. The molecule has 5 nitrogen and oxygen atoms in total. The fourth-order valence-electron chi connectivity index (χ4n) is 2.12. The molecule has 2 rings (SSSR count). The number of hydrogen-bond acceptors (Lipinski definition) is 4. The summed E-state index contributed by atoms with van der Waals surface area (Å²) < 4.78 is 5.21. The van der Waals surface area contributed by atoms with Crippen LogP contribution in [0.5, 0.6) is 0 Å². The highest BCUT2D eigenvalue weighted by molar-refractivity contribution is 5.93. The number of aromatic nitrogens is 1. The van der Waals surface area contributed by atoms with E-state index in [1.807, 2.05) is 44.2 Å². The molecule has 0 unspecified atom stereocenters. The molecule has 0 radical (unpaired) electrons. The average molecular weight is 288 g/mol. The molecule has 112 valence electrons. The average Bonchev–Trinajstić information content (AvgIpc) is 3.04. The van der Waals surface area contributed by atoms with Crippen LogP contribution in [0.2, 0.25) is 0 Å². The van der Waals surface area contributed by atoms with Gasteiger partial charge in [-0.1, -0.05) is 49.3 Å². The molecule has 5 heteroatoms. The third-order valence-electron chi connectivity index (χ3n) is 3.84. The van der Waals surface area contributed by atoms with Gasteiger partial charge >= 0.3 is 0 Å². The molecule has 0 aliphatic rings. The molecule has 1 aromatic carbocycles. The molecular formula is C16H20N2O3. The van der Waals surface area contributed by atoms with Crippen molar-refractivity contribution in [1.82, 2.24) is 10.5 Å². The molecule has 0 spiro atoms. The number of aliphatic hydroxyl groups is 1. The molecule has 0 fully saturated rings. The number of carbonyl (C=O) groups excluding carboxylic acids is 1. The molecule has 1 heterocycles. The van der Waals surface area contributed by atoms with Crippen molar-refractivity contribution in [2.24, 2.45) is 0 Å². The van der Waals surface area contributed by atoms with Crippen LogP contribution < -0.4 is 5.32 Å². The number of hydrogen-bond donors (Lipinski definition) is 2. The number of rotatable bonds is 6. The number of amides is 1. The lowest BCUT2D eigenvalue weighted by Gasteiger charge is -2.30. The van der Waals surface area contributed by atoms with Crippen molar-refractivity contribution in [3.05, 3.63) is 42.1 Å². The Morgan fingerprint density at radius 3 is 2.52 bits per heavy atom. The maximum absolute atomic E-state index is 12.2. The number of carbonyl (C=O) groups is 1. The highest BCUT2D eigenvalue weighted by atomic mass is 16.5. The SMILES string of the molecule is CCC(CC)(CO)NC(=O)c1cc(-c2ccccc2)on1. The van der Waals surface area contributed by atoms with E-state index in [9.17, 15) is 9.90 Å². The molecule has 0 bridgehead atoms. The summed E-state index contributed by atoms with van der Waals surface area (Å²) in [7, 11) is 0. The van der Waals surface area contributed by atoms with Gasteiger partial charge in [0.2, 0.25) is 0 Å². The molecule has 1 amide bonds. The smallest absolute Gasteiger partial charge is 0.273 e. The lowest BCUT2D eigenvalue weighted by Crippen LogP contribution is -2.50. The van der Waals surface area contributed by atoms with Gasteiger partial charge in [0.05, 0.1) is 12.1 Å². The zero-order valence-electron chi connectivity index (χ0n) is 12.3. The summed E-state index contributed by atoms with van der Waals surface area (Å²) in [5.41, 5.74) is 0.472. The first-order chi connectivity index (χ1) is 10.1. The van der Waals surface area contributed by atoms with Crippen molar-refractivity contribution in [2.45, 2.75) is 32.2 Å². The first-order valence-electron chi connectivity index (χ1n) is 7.09. The second-order valence-corrected chi connectivity index (χ2v) is 5.04. The highest BCUT2D eigenvalue weighted by Gasteiger charge is 2.28. The third kappa shape index (κ3) is 3.31. The first kappa shape index (κ1) is 15.3. The van der Waals surface area contributed by atoms with Crippen LogP contribution in [0.1, 0.15) is 37.2 Å². The van der Waals surface area contributed by atoms with E-state index in [2.05, 4.69) is 10.5 Å². The number of nitrogens with zero attached hydrogens (tertiary/aromatic N) is 1. The van der Waals surface area contributed by atoms with Crippen LogP contribution in [0.4, 0.5) is 0 Å². The Labute approximate surface area is 124 Å². The maximum atomic E-state index is 12.2. The van der Waals surface area contributed by atoms with Crippen molar-refractivity contribution < 1.29 is 14.4 Å². The fourth-order valence-corrected chi connectivity index (χ4v) is 2.12. The van der Waals surface area contributed by atoms with Gasteiger partial charge in [-0.2, -0.15) is 0 Å². The Kier molecular flexibility index (Phi) is 4.75. The Bertz CT molecular complexity index is 580. The van der Waals surface area contributed by atoms with Crippen LogP contribution in [-0.4, -0.2) is 28.3 Å². The molecule has 0 saturated carbocycles. The largest absolute Gasteiger partial charge is 0.394 e. The Balaban J connectivity index is 2.16. The minimum Gasteiger partial charge on any atom is -0.394 e. The zero-order chi connectivity index (χ0) is 15.3. The van der Waals surface area contributed by atoms with Crippen molar-refractivity contribution in [2.75, 3.05) is 6.61 Å². The van der Waals surface area contributed by atoms with E-state index in [4.69, 9.17) is 4.52 Å². The zero-order valence-corrected chi connectivity index (χ0v) is 12.3. The van der Waals surface area contributed by atoms with Crippen LogP contribution >= 0.6 is 0 Å². The van der Waals surface area contributed by atoms with E-state index in [0.29, 0.717) is 18.6 Å². The quantitative estimate of drug-likeness (QED) is 0.856. The predicted octanol–water partition coefficient (Wildman–Crippen LogP) is 2.62. The summed E-state index contributed by atoms with van der Waals surface area (Å²) in [6.45, 7) is 3.76. The Morgan fingerprint density at radius 1 is 1.29 bits per heavy atom. The van der Waals surface area contributed by atoms with Gasteiger partial charge in [-0.05, 0) is 12.8 Å². The first-order valence-corrected chi connectivity index (χ1v) is 7.09. The van der Waals surface area contributed by atoms with Crippen molar-refractivity contribution in [1.29, 1.82) is 0 Å². The fraction of sp³-hybridized carbons (Fsp3) is 0.375. The lowest BCUT2D eigenvalue weighted by atomic mass is 9.93. The van der Waals surface area contributed by atoms with Crippen LogP contribution in [0, 0.1) is 0 Å². The minimum atomic E-state index is -0.608.